The van der Waals surface area contributed by atoms with E-state index in [4.69, 9.17) is 0 Å². The van der Waals surface area contributed by atoms with Gasteiger partial charge in [0.2, 0.25) is 0 Å². The zero-order valence-corrected chi connectivity index (χ0v) is 19.1. The monoisotopic (exact) mass is 481 g/mol. The van der Waals surface area contributed by atoms with Crippen molar-refractivity contribution in [3.63, 3.8) is 0 Å². The van der Waals surface area contributed by atoms with Crippen LogP contribution in [0.2, 0.25) is 0 Å². The Kier molecular flexibility index (Phi) is 7.70. The van der Waals surface area contributed by atoms with Gasteiger partial charge >= 0.3 is 0 Å². The highest BCUT2D eigenvalue weighted by Gasteiger charge is 2.29. The number of rotatable bonds is 4. The van der Waals surface area contributed by atoms with E-state index in [-0.39, 0.29) is 29.4 Å². The maximum Gasteiger partial charge on any atom is 0.193 e. The van der Waals surface area contributed by atoms with Crippen molar-refractivity contribution in [1.82, 2.24) is 19.8 Å². The zero-order valence-electron chi connectivity index (χ0n) is 16.8. The molecule has 1 fully saturated rings. The van der Waals surface area contributed by atoms with Gasteiger partial charge in [0.25, 0.3) is 0 Å². The van der Waals surface area contributed by atoms with Gasteiger partial charge in [-0.15, -0.1) is 24.0 Å². The summed E-state index contributed by atoms with van der Waals surface area (Å²) in [5, 5.41) is 3.61. The van der Waals surface area contributed by atoms with Crippen molar-refractivity contribution in [3.05, 3.63) is 54.6 Å². The van der Waals surface area contributed by atoms with Crippen molar-refractivity contribution >= 4 is 29.9 Å². The first-order chi connectivity index (χ1) is 12.5. The fourth-order valence-electron chi connectivity index (χ4n) is 3.72. The molecule has 1 aliphatic rings. The van der Waals surface area contributed by atoms with Crippen LogP contribution in [0, 0.1) is 5.92 Å². The van der Waals surface area contributed by atoms with E-state index >= 15 is 0 Å². The molecule has 0 amide bonds. The molecule has 1 aromatic carbocycles. The van der Waals surface area contributed by atoms with Gasteiger partial charge in [-0.25, -0.2) is 4.98 Å². The number of imidazole rings is 1. The minimum absolute atomic E-state index is 0. The van der Waals surface area contributed by atoms with E-state index in [1.54, 1.807) is 0 Å². The van der Waals surface area contributed by atoms with Crippen LogP contribution >= 0.6 is 24.0 Å². The first-order valence-corrected chi connectivity index (χ1v) is 9.50. The molecule has 1 saturated heterocycles. The molecule has 2 heterocycles. The summed E-state index contributed by atoms with van der Waals surface area (Å²) in [5.74, 6) is 1.63. The van der Waals surface area contributed by atoms with Gasteiger partial charge in [-0.2, -0.15) is 0 Å². The van der Waals surface area contributed by atoms with Gasteiger partial charge in [-0.1, -0.05) is 51.1 Å². The fourth-order valence-corrected chi connectivity index (χ4v) is 3.72. The number of likely N-dealkylation sites (tertiary alicyclic amines) is 1. The van der Waals surface area contributed by atoms with Crippen LogP contribution in [-0.2, 0) is 5.41 Å². The highest BCUT2D eigenvalue weighted by atomic mass is 127. The molecule has 2 aromatic rings. The first-order valence-electron chi connectivity index (χ1n) is 9.50. The van der Waals surface area contributed by atoms with E-state index < -0.39 is 0 Å². The molecule has 3 rings (SSSR count). The molecule has 0 saturated carbocycles. The van der Waals surface area contributed by atoms with Gasteiger partial charge in [0.1, 0.15) is 0 Å². The maximum absolute atomic E-state index is 4.56. The second kappa shape index (κ2) is 9.57. The SMILES string of the molecule is CN=C(NCC(C)(C)c1ccccc1)N1CCC(C)C(n2ccnc2)C1.I. The Morgan fingerprint density at radius 2 is 2.04 bits per heavy atom. The van der Waals surface area contributed by atoms with Crippen LogP contribution in [0.3, 0.4) is 0 Å². The molecule has 1 aromatic heterocycles. The van der Waals surface area contributed by atoms with E-state index in [9.17, 15) is 0 Å². The molecular formula is C21H32IN5. The minimum Gasteiger partial charge on any atom is -0.355 e. The summed E-state index contributed by atoms with van der Waals surface area (Å²) in [7, 11) is 1.88. The second-order valence-electron chi connectivity index (χ2n) is 7.94. The second-order valence-corrected chi connectivity index (χ2v) is 7.94. The molecule has 2 unspecified atom stereocenters. The average molecular weight is 481 g/mol. The van der Waals surface area contributed by atoms with Gasteiger partial charge in [0.05, 0.1) is 12.4 Å². The predicted octanol–water partition coefficient (Wildman–Crippen LogP) is 3.94. The summed E-state index contributed by atoms with van der Waals surface area (Å²) in [6.45, 7) is 9.73. The molecule has 5 nitrogen and oxygen atoms in total. The Balaban J connectivity index is 0.00000261. The zero-order chi connectivity index (χ0) is 18.6. The number of hydrogen-bond donors (Lipinski definition) is 1. The molecule has 6 heteroatoms. The average Bonchev–Trinajstić information content (AvgIpc) is 3.18. The summed E-state index contributed by atoms with van der Waals surface area (Å²) in [5.41, 5.74) is 1.39. The van der Waals surface area contributed by atoms with Crippen LogP contribution in [0.25, 0.3) is 0 Å². The van der Waals surface area contributed by atoms with Gasteiger partial charge < -0.3 is 14.8 Å². The molecule has 27 heavy (non-hydrogen) atoms. The first kappa shape index (κ1) is 21.7. The number of guanidine groups is 1. The third kappa shape index (κ3) is 5.24. The summed E-state index contributed by atoms with van der Waals surface area (Å²) in [6, 6.07) is 11.1. The van der Waals surface area contributed by atoms with Gasteiger partial charge in [-0.3, -0.25) is 4.99 Å². The lowest BCUT2D eigenvalue weighted by atomic mass is 9.84. The van der Waals surface area contributed by atoms with Crippen LogP contribution < -0.4 is 5.32 Å². The Morgan fingerprint density at radius 3 is 2.67 bits per heavy atom. The molecule has 1 aliphatic heterocycles. The number of nitrogens with zero attached hydrogens (tertiary/aromatic N) is 4. The largest absolute Gasteiger partial charge is 0.355 e. The van der Waals surface area contributed by atoms with Crippen molar-refractivity contribution in [2.75, 3.05) is 26.7 Å². The number of benzene rings is 1. The molecule has 1 N–H and O–H groups in total. The Hall–Kier alpha value is -1.57. The van der Waals surface area contributed by atoms with Crippen molar-refractivity contribution in [2.45, 2.75) is 38.6 Å². The van der Waals surface area contributed by atoms with Gasteiger partial charge in [-0.05, 0) is 17.9 Å². The van der Waals surface area contributed by atoms with Crippen LogP contribution in [0.1, 0.15) is 38.8 Å². The lowest BCUT2D eigenvalue weighted by Gasteiger charge is -2.40. The molecule has 0 spiro atoms. The number of aliphatic imine (C=N–C) groups is 1. The summed E-state index contributed by atoms with van der Waals surface area (Å²) in [6.07, 6.45) is 7.02. The number of piperidine rings is 1. The Bertz CT molecular complexity index is 711. The smallest absolute Gasteiger partial charge is 0.193 e. The minimum atomic E-state index is 0. The van der Waals surface area contributed by atoms with Crippen LogP contribution in [0.4, 0.5) is 0 Å². The van der Waals surface area contributed by atoms with Gasteiger partial charge in [0, 0.05) is 44.5 Å². The lowest BCUT2D eigenvalue weighted by Crippen LogP contribution is -2.51. The predicted molar refractivity (Wildman–Crippen MR) is 123 cm³/mol. The van der Waals surface area contributed by atoms with Crippen LogP contribution in [0.15, 0.2) is 54.0 Å². The van der Waals surface area contributed by atoms with E-state index in [1.165, 1.54) is 5.56 Å². The highest BCUT2D eigenvalue weighted by molar-refractivity contribution is 14.0. The van der Waals surface area contributed by atoms with Crippen molar-refractivity contribution < 1.29 is 0 Å². The van der Waals surface area contributed by atoms with Crippen molar-refractivity contribution in [2.24, 2.45) is 10.9 Å². The normalized spacial score (nSPS) is 20.9. The van der Waals surface area contributed by atoms with Crippen molar-refractivity contribution in [1.29, 1.82) is 0 Å². The quantitative estimate of drug-likeness (QED) is 0.409. The number of aromatic nitrogens is 2. The Morgan fingerprint density at radius 1 is 1.30 bits per heavy atom. The van der Waals surface area contributed by atoms with E-state index in [1.807, 2.05) is 19.6 Å². The van der Waals surface area contributed by atoms with E-state index in [2.05, 4.69) is 82.1 Å². The topological polar surface area (TPSA) is 45.5 Å². The molecule has 148 valence electrons. The van der Waals surface area contributed by atoms with Crippen LogP contribution in [0.5, 0.6) is 0 Å². The summed E-state index contributed by atoms with van der Waals surface area (Å²) < 4.78 is 2.23. The molecule has 0 bridgehead atoms. The summed E-state index contributed by atoms with van der Waals surface area (Å²) >= 11 is 0. The lowest BCUT2D eigenvalue weighted by molar-refractivity contribution is 0.188. The Labute approximate surface area is 180 Å². The molecular weight excluding hydrogens is 449 g/mol. The number of halogens is 1. The molecule has 2 atom stereocenters. The summed E-state index contributed by atoms with van der Waals surface area (Å²) in [4.78, 5) is 11.2. The third-order valence-electron chi connectivity index (χ3n) is 5.58. The van der Waals surface area contributed by atoms with Crippen molar-refractivity contribution in [3.8, 4) is 0 Å². The number of nitrogens with one attached hydrogen (secondary N) is 1. The third-order valence-corrected chi connectivity index (χ3v) is 5.58. The van der Waals surface area contributed by atoms with E-state index in [0.29, 0.717) is 12.0 Å². The van der Waals surface area contributed by atoms with Gasteiger partial charge in [0.15, 0.2) is 5.96 Å². The highest BCUT2D eigenvalue weighted by Crippen LogP contribution is 2.27. The van der Waals surface area contributed by atoms with E-state index in [0.717, 1.165) is 32.0 Å². The standard InChI is InChI=1S/C21H31N5.HI/c1-17-10-12-25(14-19(17)26-13-11-23-16-26)20(22-4)24-15-21(2,3)18-8-6-5-7-9-18;/h5-9,11,13,16-17,19H,10,12,14-15H2,1-4H3,(H,22,24);1H. The fraction of sp³-hybridized carbons (Fsp3) is 0.524. The number of hydrogen-bond acceptors (Lipinski definition) is 2. The van der Waals surface area contributed by atoms with Crippen LogP contribution in [-0.4, -0.2) is 47.1 Å². The molecule has 0 aliphatic carbocycles. The molecule has 0 radical (unpaired) electrons. The maximum atomic E-state index is 4.56.